The Hall–Kier alpha value is -0.550. The molecule has 1 nitrogen and oxygen atoms in total. The van der Waals surface area contributed by atoms with E-state index in [-0.39, 0.29) is 0 Å². The molecule has 0 N–H and O–H groups in total. The number of rotatable bonds is 4. The standard InChI is InChI=1S/C15H17NS3/c1-3-11(2)16-10-15-14(19-16)9-13(18-15)7-6-12-5-4-8-17-12/h4-9,11H,3,10H2,1-2H3/b7-6+. The van der Waals surface area contributed by atoms with Gasteiger partial charge in [0.25, 0.3) is 0 Å². The van der Waals surface area contributed by atoms with Crippen molar-refractivity contribution in [2.24, 2.45) is 0 Å². The fourth-order valence-electron chi connectivity index (χ4n) is 2.00. The Kier molecular flexibility index (Phi) is 4.12. The molecule has 0 spiro atoms. The van der Waals surface area contributed by atoms with Crippen LogP contribution in [0, 0.1) is 0 Å². The molecule has 0 amide bonds. The Morgan fingerprint density at radius 1 is 1.37 bits per heavy atom. The minimum atomic E-state index is 0.662. The molecule has 2 aromatic heterocycles. The third kappa shape index (κ3) is 2.97. The zero-order valence-corrected chi connectivity index (χ0v) is 13.6. The lowest BCUT2D eigenvalue weighted by atomic mass is 10.2. The van der Waals surface area contributed by atoms with Gasteiger partial charge in [-0.2, -0.15) is 0 Å². The maximum Gasteiger partial charge on any atom is 0.0453 e. The summed E-state index contributed by atoms with van der Waals surface area (Å²) in [7, 11) is 0. The molecule has 0 saturated carbocycles. The summed E-state index contributed by atoms with van der Waals surface area (Å²) in [4.78, 5) is 5.67. The number of hydrogen-bond donors (Lipinski definition) is 0. The van der Waals surface area contributed by atoms with Gasteiger partial charge >= 0.3 is 0 Å². The van der Waals surface area contributed by atoms with E-state index in [2.05, 4.69) is 53.9 Å². The minimum Gasteiger partial charge on any atom is -0.238 e. The lowest BCUT2D eigenvalue weighted by molar-refractivity contribution is 0.370. The van der Waals surface area contributed by atoms with Crippen LogP contribution in [0.15, 0.2) is 28.5 Å². The highest BCUT2D eigenvalue weighted by molar-refractivity contribution is 7.97. The van der Waals surface area contributed by atoms with Crippen LogP contribution < -0.4 is 0 Å². The second-order valence-corrected chi connectivity index (χ2v) is 7.95. The highest BCUT2D eigenvalue weighted by Gasteiger charge is 2.25. The monoisotopic (exact) mass is 307 g/mol. The lowest BCUT2D eigenvalue weighted by Crippen LogP contribution is -2.21. The van der Waals surface area contributed by atoms with E-state index in [1.54, 1.807) is 11.3 Å². The van der Waals surface area contributed by atoms with Crippen molar-refractivity contribution in [3.05, 3.63) is 38.2 Å². The molecule has 2 aromatic rings. The van der Waals surface area contributed by atoms with Crippen LogP contribution in [0.3, 0.4) is 0 Å². The zero-order chi connectivity index (χ0) is 13.2. The number of hydrogen-bond acceptors (Lipinski definition) is 4. The summed E-state index contributed by atoms with van der Waals surface area (Å²) in [6, 6.07) is 7.24. The lowest BCUT2D eigenvalue weighted by Gasteiger charge is -2.20. The van der Waals surface area contributed by atoms with Crippen molar-refractivity contribution in [2.45, 2.75) is 37.8 Å². The van der Waals surface area contributed by atoms with Crippen molar-refractivity contribution >= 4 is 46.8 Å². The van der Waals surface area contributed by atoms with Crippen LogP contribution in [-0.2, 0) is 6.54 Å². The fraction of sp³-hybridized carbons (Fsp3) is 0.333. The molecule has 3 heterocycles. The summed E-state index contributed by atoms with van der Waals surface area (Å²) in [6.07, 6.45) is 5.67. The van der Waals surface area contributed by atoms with Gasteiger partial charge in [0.1, 0.15) is 0 Å². The smallest absolute Gasteiger partial charge is 0.0453 e. The fourth-order valence-corrected chi connectivity index (χ4v) is 5.09. The summed E-state index contributed by atoms with van der Waals surface area (Å²) in [6.45, 7) is 5.67. The van der Waals surface area contributed by atoms with Crippen LogP contribution in [0.4, 0.5) is 0 Å². The molecular weight excluding hydrogens is 290 g/mol. The van der Waals surface area contributed by atoms with E-state index in [9.17, 15) is 0 Å². The summed E-state index contributed by atoms with van der Waals surface area (Å²) < 4.78 is 2.49. The van der Waals surface area contributed by atoms with Gasteiger partial charge in [0.15, 0.2) is 0 Å². The summed E-state index contributed by atoms with van der Waals surface area (Å²) in [5, 5.41) is 2.12. The van der Waals surface area contributed by atoms with Crippen molar-refractivity contribution in [2.75, 3.05) is 0 Å². The first-order valence-electron chi connectivity index (χ1n) is 6.55. The van der Waals surface area contributed by atoms with E-state index in [0.29, 0.717) is 6.04 Å². The molecule has 3 rings (SSSR count). The molecule has 0 aromatic carbocycles. The Bertz CT molecular complexity index is 545. The van der Waals surface area contributed by atoms with Gasteiger partial charge in [0, 0.05) is 32.1 Å². The molecule has 0 saturated heterocycles. The molecule has 0 fully saturated rings. The van der Waals surface area contributed by atoms with Gasteiger partial charge in [-0.05, 0) is 55.0 Å². The number of nitrogens with zero attached hydrogens (tertiary/aromatic N) is 1. The van der Waals surface area contributed by atoms with Gasteiger partial charge in [-0.3, -0.25) is 0 Å². The Morgan fingerprint density at radius 3 is 2.89 bits per heavy atom. The molecule has 0 bridgehead atoms. The number of fused-ring (bicyclic) bond motifs is 1. The molecule has 19 heavy (non-hydrogen) atoms. The average molecular weight is 308 g/mol. The van der Waals surface area contributed by atoms with Crippen LogP contribution >= 0.6 is 34.6 Å². The quantitative estimate of drug-likeness (QED) is 0.676. The highest BCUT2D eigenvalue weighted by atomic mass is 32.2. The molecule has 100 valence electrons. The third-order valence-corrected chi connectivity index (χ3v) is 6.68. The second-order valence-electron chi connectivity index (χ2n) is 4.71. The van der Waals surface area contributed by atoms with E-state index in [0.717, 1.165) is 6.54 Å². The first-order valence-corrected chi connectivity index (χ1v) is 9.02. The zero-order valence-electron chi connectivity index (χ0n) is 11.1. The van der Waals surface area contributed by atoms with Crippen molar-refractivity contribution in [1.29, 1.82) is 0 Å². The largest absolute Gasteiger partial charge is 0.238 e. The highest BCUT2D eigenvalue weighted by Crippen LogP contribution is 2.43. The minimum absolute atomic E-state index is 0.662. The van der Waals surface area contributed by atoms with Gasteiger partial charge in [0.05, 0.1) is 0 Å². The summed E-state index contributed by atoms with van der Waals surface area (Å²) in [5.41, 5.74) is 0. The van der Waals surface area contributed by atoms with E-state index in [1.165, 1.54) is 25.9 Å². The Morgan fingerprint density at radius 2 is 2.21 bits per heavy atom. The van der Waals surface area contributed by atoms with Gasteiger partial charge in [-0.15, -0.1) is 22.7 Å². The predicted octanol–water partition coefficient (Wildman–Crippen LogP) is 5.60. The molecule has 0 aliphatic carbocycles. The Labute approximate surface area is 127 Å². The SMILES string of the molecule is CCC(C)N1Cc2sc(/C=C/c3cccs3)cc2S1. The normalized spacial score (nSPS) is 17.2. The van der Waals surface area contributed by atoms with E-state index in [4.69, 9.17) is 0 Å². The van der Waals surface area contributed by atoms with E-state index >= 15 is 0 Å². The second kappa shape index (κ2) is 5.83. The van der Waals surface area contributed by atoms with Crippen LogP contribution in [0.25, 0.3) is 12.2 Å². The van der Waals surface area contributed by atoms with E-state index < -0.39 is 0 Å². The first kappa shape index (κ1) is 13.4. The summed E-state index contributed by atoms with van der Waals surface area (Å²) >= 11 is 5.64. The van der Waals surface area contributed by atoms with Crippen molar-refractivity contribution in [3.8, 4) is 0 Å². The van der Waals surface area contributed by atoms with Crippen LogP contribution in [0.1, 0.15) is 34.9 Å². The molecular formula is C15H17NS3. The van der Waals surface area contributed by atoms with Crippen LogP contribution in [-0.4, -0.2) is 10.3 Å². The maximum atomic E-state index is 2.49. The topological polar surface area (TPSA) is 3.24 Å². The van der Waals surface area contributed by atoms with Crippen LogP contribution in [0.2, 0.25) is 0 Å². The number of thiophene rings is 2. The predicted molar refractivity (Wildman–Crippen MR) is 88.7 cm³/mol. The molecule has 1 atom stereocenters. The first-order chi connectivity index (χ1) is 9.26. The van der Waals surface area contributed by atoms with Crippen molar-refractivity contribution in [1.82, 2.24) is 4.31 Å². The molecule has 0 radical (unpaired) electrons. The Balaban J connectivity index is 1.70. The molecule has 1 aliphatic heterocycles. The van der Waals surface area contributed by atoms with Crippen LogP contribution in [0.5, 0.6) is 0 Å². The van der Waals surface area contributed by atoms with E-state index in [1.807, 2.05) is 23.3 Å². The van der Waals surface area contributed by atoms with Gasteiger partial charge in [-0.25, -0.2) is 4.31 Å². The third-order valence-electron chi connectivity index (χ3n) is 3.34. The van der Waals surface area contributed by atoms with Crippen molar-refractivity contribution in [3.63, 3.8) is 0 Å². The van der Waals surface area contributed by atoms with Gasteiger partial charge < -0.3 is 0 Å². The molecule has 1 unspecified atom stereocenters. The summed E-state index contributed by atoms with van der Waals surface area (Å²) in [5.74, 6) is 0. The molecule has 4 heteroatoms. The average Bonchev–Trinajstić information content (AvgIpc) is 3.10. The van der Waals surface area contributed by atoms with Gasteiger partial charge in [-0.1, -0.05) is 13.0 Å². The molecule has 1 aliphatic rings. The van der Waals surface area contributed by atoms with Gasteiger partial charge in [0.2, 0.25) is 0 Å². The van der Waals surface area contributed by atoms with Crippen molar-refractivity contribution < 1.29 is 0 Å². The maximum absolute atomic E-state index is 2.49.